The highest BCUT2D eigenvalue weighted by Gasteiger charge is 2.12. The van der Waals surface area contributed by atoms with Crippen LogP contribution >= 0.6 is 0 Å². The standard InChI is InChI=1S/C20H17FN2/c1-14(2)23-13-16(18-8-4-6-10-20(18)23)11-15(12-22)17-7-3-5-9-19(17)21/h3-11,13-14H,1-2H3. The molecule has 2 aromatic carbocycles. The molecule has 0 radical (unpaired) electrons. The van der Waals surface area contributed by atoms with Crippen LogP contribution in [0.1, 0.15) is 31.0 Å². The monoisotopic (exact) mass is 304 g/mol. The zero-order valence-corrected chi connectivity index (χ0v) is 13.1. The van der Waals surface area contributed by atoms with Gasteiger partial charge in [0.15, 0.2) is 0 Å². The molecule has 1 heterocycles. The van der Waals surface area contributed by atoms with Crippen molar-refractivity contribution >= 4 is 22.6 Å². The molecular weight excluding hydrogens is 287 g/mol. The lowest BCUT2D eigenvalue weighted by atomic mass is 10.0. The average Bonchev–Trinajstić information content (AvgIpc) is 2.92. The van der Waals surface area contributed by atoms with E-state index in [1.165, 1.54) is 6.07 Å². The van der Waals surface area contributed by atoms with E-state index in [1.807, 2.05) is 24.4 Å². The zero-order valence-electron chi connectivity index (χ0n) is 13.1. The number of nitriles is 1. The molecule has 0 aliphatic carbocycles. The fraction of sp³-hybridized carbons (Fsp3) is 0.150. The molecule has 0 spiro atoms. The normalized spacial score (nSPS) is 11.9. The first-order valence-electron chi connectivity index (χ1n) is 7.58. The largest absolute Gasteiger partial charge is 0.344 e. The lowest BCUT2D eigenvalue weighted by Crippen LogP contribution is -1.97. The van der Waals surface area contributed by atoms with Gasteiger partial charge in [0.05, 0.1) is 11.6 Å². The van der Waals surface area contributed by atoms with Crippen LogP contribution in [0.4, 0.5) is 4.39 Å². The van der Waals surface area contributed by atoms with Crippen LogP contribution in [0.3, 0.4) is 0 Å². The number of allylic oxidation sites excluding steroid dienone is 1. The molecule has 114 valence electrons. The van der Waals surface area contributed by atoms with Crippen molar-refractivity contribution in [2.45, 2.75) is 19.9 Å². The molecule has 0 fully saturated rings. The molecule has 0 atom stereocenters. The van der Waals surface area contributed by atoms with Crippen molar-refractivity contribution in [2.24, 2.45) is 0 Å². The van der Waals surface area contributed by atoms with E-state index in [9.17, 15) is 9.65 Å². The summed E-state index contributed by atoms with van der Waals surface area (Å²) in [5.74, 6) is -0.382. The highest BCUT2D eigenvalue weighted by molar-refractivity contribution is 5.98. The van der Waals surface area contributed by atoms with Crippen LogP contribution in [-0.2, 0) is 0 Å². The summed E-state index contributed by atoms with van der Waals surface area (Å²) in [5.41, 5.74) is 2.69. The summed E-state index contributed by atoms with van der Waals surface area (Å²) >= 11 is 0. The topological polar surface area (TPSA) is 28.7 Å². The summed E-state index contributed by atoms with van der Waals surface area (Å²) in [5, 5.41) is 10.5. The van der Waals surface area contributed by atoms with E-state index in [-0.39, 0.29) is 5.82 Å². The van der Waals surface area contributed by atoms with Gasteiger partial charge in [-0.2, -0.15) is 5.26 Å². The Morgan fingerprint density at radius 1 is 1.13 bits per heavy atom. The first-order chi connectivity index (χ1) is 11.1. The van der Waals surface area contributed by atoms with Gasteiger partial charge in [0.1, 0.15) is 5.82 Å². The fourth-order valence-corrected chi connectivity index (χ4v) is 2.78. The second-order valence-corrected chi connectivity index (χ2v) is 5.75. The molecule has 0 aliphatic rings. The fourth-order valence-electron chi connectivity index (χ4n) is 2.78. The number of hydrogen-bond donors (Lipinski definition) is 0. The lowest BCUT2D eigenvalue weighted by molar-refractivity contribution is 0.622. The molecule has 3 rings (SSSR count). The van der Waals surface area contributed by atoms with E-state index in [4.69, 9.17) is 0 Å². The number of benzene rings is 2. The Labute approximate surface area is 135 Å². The van der Waals surface area contributed by atoms with Crippen molar-refractivity contribution in [3.63, 3.8) is 0 Å². The second kappa shape index (κ2) is 6.10. The van der Waals surface area contributed by atoms with Crippen molar-refractivity contribution in [3.05, 3.63) is 71.7 Å². The van der Waals surface area contributed by atoms with E-state index in [2.05, 4.69) is 30.6 Å². The second-order valence-electron chi connectivity index (χ2n) is 5.75. The Hall–Kier alpha value is -2.86. The van der Waals surface area contributed by atoms with Crippen LogP contribution in [0.25, 0.3) is 22.6 Å². The van der Waals surface area contributed by atoms with Gasteiger partial charge in [0, 0.05) is 34.3 Å². The molecule has 1 aromatic heterocycles. The third-order valence-corrected chi connectivity index (χ3v) is 3.91. The Balaban J connectivity index is 2.21. The predicted molar refractivity (Wildman–Crippen MR) is 92.2 cm³/mol. The molecule has 0 bridgehead atoms. The minimum atomic E-state index is -0.382. The summed E-state index contributed by atoms with van der Waals surface area (Å²) in [4.78, 5) is 0. The van der Waals surface area contributed by atoms with E-state index in [0.717, 1.165) is 16.5 Å². The minimum absolute atomic E-state index is 0.307. The first kappa shape index (κ1) is 15.1. The lowest BCUT2D eigenvalue weighted by Gasteiger charge is -2.08. The van der Waals surface area contributed by atoms with Crippen LogP contribution in [0, 0.1) is 17.1 Å². The molecule has 0 saturated heterocycles. The predicted octanol–water partition coefficient (Wildman–Crippen LogP) is 5.43. The van der Waals surface area contributed by atoms with Crippen LogP contribution in [0.15, 0.2) is 54.7 Å². The van der Waals surface area contributed by atoms with Gasteiger partial charge >= 0.3 is 0 Å². The van der Waals surface area contributed by atoms with Crippen molar-refractivity contribution in [2.75, 3.05) is 0 Å². The minimum Gasteiger partial charge on any atom is -0.344 e. The third kappa shape index (κ3) is 2.76. The number of aromatic nitrogens is 1. The average molecular weight is 304 g/mol. The maximum absolute atomic E-state index is 14.0. The van der Waals surface area contributed by atoms with Crippen LogP contribution in [-0.4, -0.2) is 4.57 Å². The van der Waals surface area contributed by atoms with Gasteiger partial charge in [-0.15, -0.1) is 0 Å². The van der Waals surface area contributed by atoms with Crippen LogP contribution < -0.4 is 0 Å². The molecule has 3 aromatic rings. The molecule has 2 nitrogen and oxygen atoms in total. The van der Waals surface area contributed by atoms with E-state index < -0.39 is 0 Å². The number of para-hydroxylation sites is 1. The molecular formula is C20H17FN2. The Morgan fingerprint density at radius 2 is 1.83 bits per heavy atom. The third-order valence-electron chi connectivity index (χ3n) is 3.91. The quantitative estimate of drug-likeness (QED) is 0.593. The molecule has 23 heavy (non-hydrogen) atoms. The number of hydrogen-bond acceptors (Lipinski definition) is 1. The Kier molecular flexibility index (Phi) is 3.99. The van der Waals surface area contributed by atoms with Crippen molar-refractivity contribution in [1.82, 2.24) is 4.57 Å². The Bertz CT molecular complexity index is 926. The van der Waals surface area contributed by atoms with E-state index in [0.29, 0.717) is 17.2 Å². The van der Waals surface area contributed by atoms with Gasteiger partial charge in [0.2, 0.25) is 0 Å². The summed E-state index contributed by atoms with van der Waals surface area (Å²) in [7, 11) is 0. The van der Waals surface area contributed by atoms with Crippen molar-refractivity contribution in [3.8, 4) is 6.07 Å². The van der Waals surface area contributed by atoms with E-state index in [1.54, 1.807) is 24.3 Å². The van der Waals surface area contributed by atoms with Gasteiger partial charge in [-0.25, -0.2) is 4.39 Å². The summed E-state index contributed by atoms with van der Waals surface area (Å²) in [6.45, 7) is 4.23. The molecule has 3 heteroatoms. The number of nitrogens with zero attached hydrogens (tertiary/aromatic N) is 2. The summed E-state index contributed by atoms with van der Waals surface area (Å²) in [6.07, 6.45) is 3.78. The maximum atomic E-state index is 14.0. The SMILES string of the molecule is CC(C)n1cc(C=C(C#N)c2ccccc2F)c2ccccc21. The Morgan fingerprint density at radius 3 is 2.52 bits per heavy atom. The number of fused-ring (bicyclic) bond motifs is 1. The van der Waals surface area contributed by atoms with Crippen molar-refractivity contribution in [1.29, 1.82) is 5.26 Å². The molecule has 0 N–H and O–H groups in total. The van der Waals surface area contributed by atoms with Crippen molar-refractivity contribution < 1.29 is 4.39 Å². The van der Waals surface area contributed by atoms with Crippen LogP contribution in [0.5, 0.6) is 0 Å². The summed E-state index contributed by atoms with van der Waals surface area (Å²) < 4.78 is 16.1. The molecule has 0 amide bonds. The molecule has 0 saturated carbocycles. The van der Waals surface area contributed by atoms with Gasteiger partial charge < -0.3 is 4.57 Å². The smallest absolute Gasteiger partial charge is 0.131 e. The highest BCUT2D eigenvalue weighted by Crippen LogP contribution is 2.28. The summed E-state index contributed by atoms with van der Waals surface area (Å²) in [6, 6.07) is 16.8. The zero-order chi connectivity index (χ0) is 16.4. The van der Waals surface area contributed by atoms with Gasteiger partial charge in [-0.05, 0) is 32.1 Å². The van der Waals surface area contributed by atoms with Crippen LogP contribution in [0.2, 0.25) is 0 Å². The first-order valence-corrected chi connectivity index (χ1v) is 7.58. The number of rotatable bonds is 3. The van der Waals surface area contributed by atoms with Gasteiger partial charge in [-0.1, -0.05) is 36.4 Å². The molecule has 0 unspecified atom stereocenters. The van der Waals surface area contributed by atoms with Gasteiger partial charge in [-0.3, -0.25) is 0 Å². The molecule has 0 aliphatic heterocycles. The van der Waals surface area contributed by atoms with Gasteiger partial charge in [0.25, 0.3) is 0 Å². The maximum Gasteiger partial charge on any atom is 0.131 e. The highest BCUT2D eigenvalue weighted by atomic mass is 19.1. The number of halogens is 1. The van der Waals surface area contributed by atoms with E-state index >= 15 is 0 Å².